The number of nitrogens with one attached hydrogen (secondary N) is 1. The number of hydrogen-bond donors (Lipinski definition) is 1. The Balaban J connectivity index is 2.30. The van der Waals surface area contributed by atoms with E-state index < -0.39 is 0 Å². The molecule has 0 spiro atoms. The molecule has 0 radical (unpaired) electrons. The van der Waals surface area contributed by atoms with Crippen molar-refractivity contribution in [3.05, 3.63) is 64.8 Å². The lowest BCUT2D eigenvalue weighted by Crippen LogP contribution is -2.09. The number of furan rings is 1. The number of carbonyl (C=O) groups excluding carboxylic acids is 1. The van der Waals surface area contributed by atoms with E-state index in [4.69, 9.17) is 4.42 Å². The first-order valence-electron chi connectivity index (χ1n) is 7.82. The second kappa shape index (κ2) is 6.76. The van der Waals surface area contributed by atoms with Crippen LogP contribution in [0.25, 0.3) is 0 Å². The molecule has 2 rings (SSSR count). The van der Waals surface area contributed by atoms with E-state index in [9.17, 15) is 10.1 Å². The summed E-state index contributed by atoms with van der Waals surface area (Å²) in [5.41, 5.74) is 2.17. The van der Waals surface area contributed by atoms with Gasteiger partial charge in [-0.15, -0.1) is 0 Å². The summed E-state index contributed by atoms with van der Waals surface area (Å²) in [6, 6.07) is 11.4. The second-order valence-electron chi connectivity index (χ2n) is 6.79. The monoisotopic (exact) mass is 322 g/mol. The normalized spacial score (nSPS) is 11.9. The molecule has 0 bridgehead atoms. The molecule has 0 saturated heterocycles. The molecule has 0 aliphatic carbocycles. The number of para-hydroxylation sites is 1. The van der Waals surface area contributed by atoms with Gasteiger partial charge in [0, 0.05) is 17.3 Å². The van der Waals surface area contributed by atoms with Gasteiger partial charge in [-0.2, -0.15) is 5.26 Å². The van der Waals surface area contributed by atoms with E-state index in [1.54, 1.807) is 13.0 Å². The molecule has 2 aromatic rings. The van der Waals surface area contributed by atoms with Crippen molar-refractivity contribution in [1.82, 2.24) is 0 Å². The maximum Gasteiger partial charge on any atom is 0.208 e. The van der Waals surface area contributed by atoms with Crippen LogP contribution in [0.2, 0.25) is 0 Å². The summed E-state index contributed by atoms with van der Waals surface area (Å²) in [5.74, 6) is 0.921. The van der Waals surface area contributed by atoms with Crippen LogP contribution in [0.15, 0.2) is 46.5 Å². The highest BCUT2D eigenvalue weighted by Crippen LogP contribution is 2.28. The van der Waals surface area contributed by atoms with Crippen molar-refractivity contribution in [1.29, 1.82) is 5.26 Å². The minimum atomic E-state index is -0.338. The summed E-state index contributed by atoms with van der Waals surface area (Å²) in [7, 11) is 0. The molecule has 1 aromatic carbocycles. The fourth-order valence-electron chi connectivity index (χ4n) is 2.26. The predicted octanol–water partition coefficient (Wildman–Crippen LogP) is 4.90. The van der Waals surface area contributed by atoms with Gasteiger partial charge >= 0.3 is 0 Å². The molecule has 0 fully saturated rings. The first-order valence-corrected chi connectivity index (χ1v) is 7.82. The van der Waals surface area contributed by atoms with Gasteiger partial charge in [0.1, 0.15) is 23.2 Å². The average Bonchev–Trinajstić information content (AvgIpc) is 2.91. The Morgan fingerprint density at radius 1 is 1.25 bits per heavy atom. The third kappa shape index (κ3) is 3.75. The number of anilines is 1. The van der Waals surface area contributed by atoms with Gasteiger partial charge < -0.3 is 9.73 Å². The first-order chi connectivity index (χ1) is 11.2. The lowest BCUT2D eigenvalue weighted by Gasteiger charge is -2.13. The van der Waals surface area contributed by atoms with E-state index in [0.29, 0.717) is 11.3 Å². The van der Waals surface area contributed by atoms with Crippen LogP contribution in [0, 0.1) is 25.2 Å². The summed E-state index contributed by atoms with van der Waals surface area (Å²) in [6.45, 7) is 9.74. The molecule has 1 N–H and O–H groups in total. The Kier molecular flexibility index (Phi) is 4.94. The van der Waals surface area contributed by atoms with Gasteiger partial charge in [-0.25, -0.2) is 0 Å². The van der Waals surface area contributed by atoms with Gasteiger partial charge in [-0.1, -0.05) is 39.0 Å². The Bertz CT molecular complexity index is 830. The van der Waals surface area contributed by atoms with Crippen LogP contribution in [0.3, 0.4) is 0 Å². The molecule has 0 saturated carbocycles. The Labute approximate surface area is 142 Å². The molecule has 0 amide bonds. The number of nitriles is 1. The molecule has 4 heteroatoms. The van der Waals surface area contributed by atoms with Gasteiger partial charge in [0.15, 0.2) is 0 Å². The van der Waals surface area contributed by atoms with E-state index in [0.717, 1.165) is 17.0 Å². The van der Waals surface area contributed by atoms with E-state index in [1.807, 2.05) is 58.0 Å². The summed E-state index contributed by atoms with van der Waals surface area (Å²) in [5, 5.41) is 12.4. The quantitative estimate of drug-likeness (QED) is 0.494. The molecular formula is C20H22N2O2. The average molecular weight is 322 g/mol. The number of allylic oxidation sites excluding steroid dienone is 1. The Morgan fingerprint density at radius 3 is 2.46 bits per heavy atom. The smallest absolute Gasteiger partial charge is 0.208 e. The largest absolute Gasteiger partial charge is 0.465 e. The van der Waals surface area contributed by atoms with Crippen molar-refractivity contribution in [2.45, 2.75) is 40.0 Å². The SMILES string of the molecule is Cc1ccccc1NC=C(C#N)C(=O)c1cc(C(C)(C)C)oc1C. The van der Waals surface area contributed by atoms with Crippen molar-refractivity contribution in [3.8, 4) is 6.07 Å². The highest BCUT2D eigenvalue weighted by atomic mass is 16.3. The van der Waals surface area contributed by atoms with Crippen LogP contribution >= 0.6 is 0 Å². The van der Waals surface area contributed by atoms with Crippen molar-refractivity contribution in [2.75, 3.05) is 5.32 Å². The Hall–Kier alpha value is -2.80. The molecular weight excluding hydrogens is 300 g/mol. The number of nitrogens with zero attached hydrogens (tertiary/aromatic N) is 1. The van der Waals surface area contributed by atoms with Crippen molar-refractivity contribution in [2.24, 2.45) is 0 Å². The number of rotatable bonds is 4. The van der Waals surface area contributed by atoms with Crippen LogP contribution in [0.1, 0.15) is 48.2 Å². The zero-order valence-corrected chi connectivity index (χ0v) is 14.7. The van der Waals surface area contributed by atoms with Crippen LogP contribution in [-0.4, -0.2) is 5.78 Å². The van der Waals surface area contributed by atoms with E-state index in [1.165, 1.54) is 6.20 Å². The zero-order valence-electron chi connectivity index (χ0n) is 14.7. The molecule has 0 unspecified atom stereocenters. The van der Waals surface area contributed by atoms with E-state index >= 15 is 0 Å². The van der Waals surface area contributed by atoms with Crippen LogP contribution in [-0.2, 0) is 5.41 Å². The molecule has 4 nitrogen and oxygen atoms in total. The van der Waals surface area contributed by atoms with Gasteiger partial charge in [0.2, 0.25) is 5.78 Å². The van der Waals surface area contributed by atoms with Gasteiger partial charge in [0.25, 0.3) is 0 Å². The van der Waals surface area contributed by atoms with Crippen LogP contribution in [0.5, 0.6) is 0 Å². The molecule has 0 aliphatic heterocycles. The second-order valence-corrected chi connectivity index (χ2v) is 6.79. The Morgan fingerprint density at radius 2 is 1.92 bits per heavy atom. The minimum absolute atomic E-state index is 0.0441. The number of Topliss-reactive ketones (excluding diaryl/α,β-unsaturated/α-hetero) is 1. The van der Waals surface area contributed by atoms with Crippen LogP contribution in [0.4, 0.5) is 5.69 Å². The summed E-state index contributed by atoms with van der Waals surface area (Å²) < 4.78 is 5.70. The maximum absolute atomic E-state index is 12.7. The third-order valence-electron chi connectivity index (χ3n) is 3.78. The summed E-state index contributed by atoms with van der Waals surface area (Å²) >= 11 is 0. The molecule has 0 aliphatic rings. The topological polar surface area (TPSA) is 66.0 Å². The van der Waals surface area contributed by atoms with Crippen LogP contribution < -0.4 is 5.32 Å². The van der Waals surface area contributed by atoms with E-state index in [2.05, 4.69) is 5.32 Å². The number of benzene rings is 1. The molecule has 1 heterocycles. The lowest BCUT2D eigenvalue weighted by atomic mass is 9.92. The molecule has 24 heavy (non-hydrogen) atoms. The van der Waals surface area contributed by atoms with Crippen molar-refractivity contribution in [3.63, 3.8) is 0 Å². The van der Waals surface area contributed by atoms with Gasteiger partial charge in [-0.3, -0.25) is 4.79 Å². The zero-order chi connectivity index (χ0) is 17.9. The van der Waals surface area contributed by atoms with Gasteiger partial charge in [0.05, 0.1) is 5.56 Å². The fourth-order valence-corrected chi connectivity index (χ4v) is 2.26. The maximum atomic E-state index is 12.7. The summed E-state index contributed by atoms with van der Waals surface area (Å²) in [6.07, 6.45) is 1.45. The lowest BCUT2D eigenvalue weighted by molar-refractivity contribution is 0.103. The number of aryl methyl sites for hydroxylation is 2. The van der Waals surface area contributed by atoms with E-state index in [-0.39, 0.29) is 16.8 Å². The minimum Gasteiger partial charge on any atom is -0.465 e. The van der Waals surface area contributed by atoms with Crippen molar-refractivity contribution < 1.29 is 9.21 Å². The highest BCUT2D eigenvalue weighted by molar-refractivity contribution is 6.12. The number of ketones is 1. The number of hydrogen-bond acceptors (Lipinski definition) is 4. The third-order valence-corrected chi connectivity index (χ3v) is 3.78. The van der Waals surface area contributed by atoms with Gasteiger partial charge in [-0.05, 0) is 31.5 Å². The first kappa shape index (κ1) is 17.6. The molecule has 124 valence electrons. The fraction of sp³-hybridized carbons (Fsp3) is 0.300. The van der Waals surface area contributed by atoms with Crippen molar-refractivity contribution >= 4 is 11.5 Å². The predicted molar refractivity (Wildman–Crippen MR) is 95.0 cm³/mol. The number of carbonyl (C=O) groups is 1. The molecule has 0 atom stereocenters. The molecule has 1 aromatic heterocycles. The standard InChI is InChI=1S/C20H22N2O2/c1-13-8-6-7-9-17(13)22-12-15(11-21)19(23)16-10-18(20(3,4)5)24-14(16)2/h6-10,12,22H,1-5H3. The summed E-state index contributed by atoms with van der Waals surface area (Å²) in [4.78, 5) is 12.7. The highest BCUT2D eigenvalue weighted by Gasteiger charge is 2.24.